The second kappa shape index (κ2) is 5.31. The van der Waals surface area contributed by atoms with Gasteiger partial charge in [0.25, 0.3) is 0 Å². The Labute approximate surface area is 124 Å². The molecule has 3 N–H and O–H groups in total. The van der Waals surface area contributed by atoms with E-state index >= 15 is 0 Å². The number of primary amides is 1. The van der Waals surface area contributed by atoms with Gasteiger partial charge in [-0.15, -0.1) is 0 Å². The van der Waals surface area contributed by atoms with Crippen LogP contribution in [0.15, 0.2) is 24.3 Å². The van der Waals surface area contributed by atoms with Crippen molar-refractivity contribution in [2.45, 2.75) is 43.9 Å². The molecule has 1 spiro atoms. The van der Waals surface area contributed by atoms with Gasteiger partial charge in [0.05, 0.1) is 13.2 Å². The zero-order chi connectivity index (χ0) is 14.9. The smallest absolute Gasteiger partial charge is 0.243 e. The normalized spacial score (nSPS) is 23.1. The van der Waals surface area contributed by atoms with Gasteiger partial charge in [-0.05, 0) is 31.4 Å². The van der Waals surface area contributed by atoms with E-state index in [-0.39, 0.29) is 5.91 Å². The molecule has 1 aromatic carbocycles. The van der Waals surface area contributed by atoms with Crippen LogP contribution in [-0.4, -0.2) is 30.4 Å². The van der Waals surface area contributed by atoms with Crippen LogP contribution >= 0.6 is 0 Å². The molecule has 0 bridgehead atoms. The van der Waals surface area contributed by atoms with E-state index < -0.39 is 11.3 Å². The van der Waals surface area contributed by atoms with Crippen molar-refractivity contribution in [3.63, 3.8) is 0 Å². The standard InChI is InChI=1S/C16H22N2O3/c1-12-4-2-3-5-13(12)18-15(14(17)19)6-8-16(9-7-15)20-10-11-21-16/h2-5,18H,6-11H2,1H3,(H2,17,19). The third kappa shape index (κ3) is 2.63. The lowest BCUT2D eigenvalue weighted by Gasteiger charge is -2.42. The van der Waals surface area contributed by atoms with Gasteiger partial charge in [-0.2, -0.15) is 0 Å². The second-order valence-corrected chi connectivity index (χ2v) is 5.99. The van der Waals surface area contributed by atoms with Crippen molar-refractivity contribution in [2.24, 2.45) is 5.73 Å². The molecule has 0 aromatic heterocycles. The Bertz CT molecular complexity index is 528. The van der Waals surface area contributed by atoms with Crippen LogP contribution in [0.2, 0.25) is 0 Å². The van der Waals surface area contributed by atoms with Crippen LogP contribution in [0.1, 0.15) is 31.2 Å². The quantitative estimate of drug-likeness (QED) is 0.892. The fourth-order valence-electron chi connectivity index (χ4n) is 3.25. The lowest BCUT2D eigenvalue weighted by atomic mass is 9.77. The van der Waals surface area contributed by atoms with Crippen LogP contribution in [0.3, 0.4) is 0 Å². The minimum atomic E-state index is -0.716. The molecule has 0 unspecified atom stereocenters. The Kier molecular flexibility index (Phi) is 3.63. The molecule has 1 saturated carbocycles. The van der Waals surface area contributed by atoms with Gasteiger partial charge in [-0.25, -0.2) is 0 Å². The highest BCUT2D eigenvalue weighted by Crippen LogP contribution is 2.41. The van der Waals surface area contributed by atoms with Gasteiger partial charge in [0.1, 0.15) is 5.54 Å². The van der Waals surface area contributed by atoms with Crippen molar-refractivity contribution >= 4 is 11.6 Å². The fraction of sp³-hybridized carbons (Fsp3) is 0.562. The molecule has 2 aliphatic rings. The van der Waals surface area contributed by atoms with Gasteiger partial charge in [-0.3, -0.25) is 4.79 Å². The predicted octanol–water partition coefficient (Wildman–Crippen LogP) is 1.95. The van der Waals surface area contributed by atoms with Gasteiger partial charge >= 0.3 is 0 Å². The van der Waals surface area contributed by atoms with E-state index in [2.05, 4.69) is 5.32 Å². The highest BCUT2D eigenvalue weighted by molar-refractivity contribution is 5.88. The summed E-state index contributed by atoms with van der Waals surface area (Å²) in [5.74, 6) is -0.801. The number of benzene rings is 1. The summed E-state index contributed by atoms with van der Waals surface area (Å²) in [6.07, 6.45) is 2.62. The number of aryl methyl sites for hydroxylation is 1. The summed E-state index contributed by atoms with van der Waals surface area (Å²) in [5.41, 5.74) is 7.05. The summed E-state index contributed by atoms with van der Waals surface area (Å²) in [6, 6.07) is 7.93. The van der Waals surface area contributed by atoms with Gasteiger partial charge in [0, 0.05) is 18.5 Å². The van der Waals surface area contributed by atoms with Crippen LogP contribution in [0, 0.1) is 6.92 Å². The molecule has 0 atom stereocenters. The Morgan fingerprint density at radius 1 is 1.14 bits per heavy atom. The van der Waals surface area contributed by atoms with Crippen molar-refractivity contribution in [1.29, 1.82) is 0 Å². The number of carbonyl (C=O) groups excluding carboxylic acids is 1. The molecule has 1 aromatic rings. The SMILES string of the molecule is Cc1ccccc1NC1(C(N)=O)CCC2(CC1)OCCO2. The first kappa shape index (κ1) is 14.4. The fourth-order valence-corrected chi connectivity index (χ4v) is 3.25. The van der Waals surface area contributed by atoms with E-state index in [1.165, 1.54) is 0 Å². The summed E-state index contributed by atoms with van der Waals surface area (Å²) in [4.78, 5) is 12.1. The third-order valence-electron chi connectivity index (χ3n) is 4.67. The maximum atomic E-state index is 12.1. The molecule has 1 heterocycles. The monoisotopic (exact) mass is 290 g/mol. The van der Waals surface area contributed by atoms with E-state index in [1.54, 1.807) is 0 Å². The maximum absolute atomic E-state index is 12.1. The van der Waals surface area contributed by atoms with Gasteiger partial charge in [0.2, 0.25) is 5.91 Å². The number of hydrogen-bond donors (Lipinski definition) is 2. The van der Waals surface area contributed by atoms with E-state index in [1.807, 2.05) is 31.2 Å². The van der Waals surface area contributed by atoms with Crippen LogP contribution in [-0.2, 0) is 14.3 Å². The first-order valence-corrected chi connectivity index (χ1v) is 7.47. The first-order chi connectivity index (χ1) is 10.1. The summed E-state index contributed by atoms with van der Waals surface area (Å²) in [5, 5.41) is 3.38. The molecule has 21 heavy (non-hydrogen) atoms. The van der Waals surface area contributed by atoms with Crippen molar-refractivity contribution in [3.8, 4) is 0 Å². The average Bonchev–Trinajstić information content (AvgIpc) is 2.93. The summed E-state index contributed by atoms with van der Waals surface area (Å²) < 4.78 is 11.5. The molecule has 2 fully saturated rings. The maximum Gasteiger partial charge on any atom is 0.243 e. The molecule has 1 aliphatic heterocycles. The number of amides is 1. The van der Waals surface area contributed by atoms with Crippen molar-refractivity contribution in [3.05, 3.63) is 29.8 Å². The number of carbonyl (C=O) groups is 1. The largest absolute Gasteiger partial charge is 0.371 e. The molecular weight excluding hydrogens is 268 g/mol. The van der Waals surface area contributed by atoms with E-state index in [4.69, 9.17) is 15.2 Å². The molecule has 1 aliphatic carbocycles. The predicted molar refractivity (Wildman–Crippen MR) is 79.8 cm³/mol. The molecular formula is C16H22N2O3. The second-order valence-electron chi connectivity index (χ2n) is 5.99. The Balaban J connectivity index is 1.79. The number of para-hydroxylation sites is 1. The topological polar surface area (TPSA) is 73.6 Å². The number of nitrogens with one attached hydrogen (secondary N) is 1. The average molecular weight is 290 g/mol. The minimum Gasteiger partial charge on any atom is -0.371 e. The van der Waals surface area contributed by atoms with Gasteiger partial charge in [0.15, 0.2) is 5.79 Å². The van der Waals surface area contributed by atoms with Crippen molar-refractivity contribution in [2.75, 3.05) is 18.5 Å². The van der Waals surface area contributed by atoms with E-state index in [0.29, 0.717) is 38.9 Å². The Morgan fingerprint density at radius 2 is 1.76 bits per heavy atom. The van der Waals surface area contributed by atoms with Gasteiger partial charge in [-0.1, -0.05) is 18.2 Å². The lowest BCUT2D eigenvalue weighted by Crippen LogP contribution is -2.56. The summed E-state index contributed by atoms with van der Waals surface area (Å²) in [6.45, 7) is 3.29. The van der Waals surface area contributed by atoms with Crippen LogP contribution in [0.4, 0.5) is 5.69 Å². The molecule has 3 rings (SSSR count). The number of nitrogens with two attached hydrogens (primary N) is 1. The zero-order valence-corrected chi connectivity index (χ0v) is 12.4. The lowest BCUT2D eigenvalue weighted by molar-refractivity contribution is -0.183. The van der Waals surface area contributed by atoms with E-state index in [9.17, 15) is 4.79 Å². The molecule has 114 valence electrons. The number of rotatable bonds is 3. The van der Waals surface area contributed by atoms with Crippen LogP contribution < -0.4 is 11.1 Å². The van der Waals surface area contributed by atoms with Crippen LogP contribution in [0.25, 0.3) is 0 Å². The molecule has 1 amide bonds. The first-order valence-electron chi connectivity index (χ1n) is 7.47. The minimum absolute atomic E-state index is 0.307. The van der Waals surface area contributed by atoms with Crippen molar-refractivity contribution in [1.82, 2.24) is 0 Å². The Morgan fingerprint density at radius 3 is 2.33 bits per heavy atom. The highest BCUT2D eigenvalue weighted by atomic mass is 16.7. The summed E-state index contributed by atoms with van der Waals surface area (Å²) in [7, 11) is 0. The molecule has 0 radical (unpaired) electrons. The van der Waals surface area contributed by atoms with Crippen LogP contribution in [0.5, 0.6) is 0 Å². The zero-order valence-electron chi connectivity index (χ0n) is 12.4. The number of ether oxygens (including phenoxy) is 2. The Hall–Kier alpha value is -1.59. The van der Waals surface area contributed by atoms with Gasteiger partial charge < -0.3 is 20.5 Å². The van der Waals surface area contributed by atoms with E-state index in [0.717, 1.165) is 11.3 Å². The molecule has 5 heteroatoms. The number of anilines is 1. The number of hydrogen-bond acceptors (Lipinski definition) is 4. The molecule has 1 saturated heterocycles. The van der Waals surface area contributed by atoms with Crippen molar-refractivity contribution < 1.29 is 14.3 Å². The third-order valence-corrected chi connectivity index (χ3v) is 4.67. The summed E-state index contributed by atoms with van der Waals surface area (Å²) >= 11 is 0. The molecule has 5 nitrogen and oxygen atoms in total. The highest BCUT2D eigenvalue weighted by Gasteiger charge is 2.49.